The average molecular weight is 364 g/mol. The van der Waals surface area contributed by atoms with Crippen molar-refractivity contribution in [2.75, 3.05) is 11.4 Å². The molecule has 2 heterocycles. The van der Waals surface area contributed by atoms with Gasteiger partial charge in [-0.3, -0.25) is 4.98 Å². The van der Waals surface area contributed by atoms with Crippen molar-refractivity contribution < 1.29 is 9.90 Å². The molecule has 2 atom stereocenters. The maximum Gasteiger partial charge on any atom is 0.335 e. The second kappa shape index (κ2) is 5.46. The van der Waals surface area contributed by atoms with Gasteiger partial charge in [0.1, 0.15) is 0 Å². The Bertz CT molecular complexity index is 964. The number of hydrogen-bond donors (Lipinski definition) is 1. The molecule has 1 aromatic carbocycles. The highest BCUT2D eigenvalue weighted by Crippen LogP contribution is 2.55. The Morgan fingerprint density at radius 1 is 1.22 bits per heavy atom. The van der Waals surface area contributed by atoms with Crippen molar-refractivity contribution in [3.63, 3.8) is 0 Å². The van der Waals surface area contributed by atoms with E-state index < -0.39 is 5.97 Å². The van der Waals surface area contributed by atoms with E-state index in [4.69, 9.17) is 4.98 Å². The van der Waals surface area contributed by atoms with E-state index in [1.54, 1.807) is 6.07 Å². The molecule has 0 spiro atoms. The van der Waals surface area contributed by atoms with E-state index >= 15 is 0 Å². The van der Waals surface area contributed by atoms with Crippen LogP contribution in [0.2, 0.25) is 0 Å². The summed E-state index contributed by atoms with van der Waals surface area (Å²) in [7, 11) is 0. The summed E-state index contributed by atoms with van der Waals surface area (Å²) in [5, 5.41) is 10.6. The van der Waals surface area contributed by atoms with Crippen LogP contribution in [0.15, 0.2) is 18.2 Å². The molecule has 0 amide bonds. The fraction of sp³-hybridized carbons (Fsp3) is 0.565. The Morgan fingerprint density at radius 2 is 2.04 bits per heavy atom. The number of aromatic carboxylic acids is 1. The number of pyridine rings is 1. The lowest BCUT2D eigenvalue weighted by molar-refractivity contribution is 0.0697. The van der Waals surface area contributed by atoms with E-state index in [1.807, 2.05) is 12.1 Å². The minimum Gasteiger partial charge on any atom is -0.478 e. The summed E-state index contributed by atoms with van der Waals surface area (Å²) in [6.45, 7) is 8.31. The summed E-state index contributed by atoms with van der Waals surface area (Å²) < 4.78 is 0. The quantitative estimate of drug-likeness (QED) is 0.829. The molecule has 2 fully saturated rings. The van der Waals surface area contributed by atoms with Crippen LogP contribution in [0.5, 0.6) is 0 Å². The average Bonchev–Trinajstić information content (AvgIpc) is 3.12. The molecular weight excluding hydrogens is 336 g/mol. The van der Waals surface area contributed by atoms with E-state index in [0.29, 0.717) is 22.4 Å². The van der Waals surface area contributed by atoms with Crippen LogP contribution >= 0.6 is 0 Å². The zero-order valence-electron chi connectivity index (χ0n) is 16.5. The van der Waals surface area contributed by atoms with Gasteiger partial charge in [-0.1, -0.05) is 20.8 Å². The number of anilines is 1. The van der Waals surface area contributed by atoms with Crippen molar-refractivity contribution in [1.29, 1.82) is 0 Å². The monoisotopic (exact) mass is 364 g/mol. The number of carboxylic acids is 1. The van der Waals surface area contributed by atoms with E-state index in [2.05, 4.69) is 25.7 Å². The molecule has 4 nitrogen and oxygen atoms in total. The molecule has 2 aromatic rings. The van der Waals surface area contributed by atoms with Crippen LogP contribution < -0.4 is 4.90 Å². The van der Waals surface area contributed by atoms with Gasteiger partial charge in [0.05, 0.1) is 16.8 Å². The molecule has 2 aliphatic carbocycles. The Hall–Kier alpha value is -2.10. The van der Waals surface area contributed by atoms with Crippen LogP contribution in [0.1, 0.15) is 68.1 Å². The number of carbonyl (C=O) groups is 1. The number of carboxylic acid groups (broad SMARTS) is 1. The summed E-state index contributed by atoms with van der Waals surface area (Å²) in [4.78, 5) is 19.1. The zero-order valence-corrected chi connectivity index (χ0v) is 16.5. The first kappa shape index (κ1) is 17.0. The lowest BCUT2D eigenvalue weighted by Gasteiger charge is -2.39. The fourth-order valence-corrected chi connectivity index (χ4v) is 6.42. The minimum absolute atomic E-state index is 0.345. The first-order valence-corrected chi connectivity index (χ1v) is 10.2. The highest BCUT2D eigenvalue weighted by Gasteiger charge is 2.50. The summed E-state index contributed by atoms with van der Waals surface area (Å²) in [5.74, 6) is -0.864. The highest BCUT2D eigenvalue weighted by atomic mass is 16.4. The lowest BCUT2D eigenvalue weighted by atomic mass is 9.65. The van der Waals surface area contributed by atoms with Crippen molar-refractivity contribution in [2.45, 2.75) is 65.3 Å². The third-order valence-electron chi connectivity index (χ3n) is 6.93. The Labute approximate surface area is 160 Å². The largest absolute Gasteiger partial charge is 0.478 e. The van der Waals surface area contributed by atoms with Gasteiger partial charge in [0, 0.05) is 23.7 Å². The number of aromatic nitrogens is 1. The molecule has 1 aliphatic heterocycles. The normalized spacial score (nSPS) is 28.6. The molecule has 142 valence electrons. The highest BCUT2D eigenvalue weighted by molar-refractivity contribution is 6.00. The van der Waals surface area contributed by atoms with Gasteiger partial charge >= 0.3 is 5.97 Å². The van der Waals surface area contributed by atoms with Crippen LogP contribution in [-0.4, -0.2) is 28.6 Å². The molecule has 4 heteroatoms. The second-order valence-corrected chi connectivity index (χ2v) is 10.1. The van der Waals surface area contributed by atoms with E-state index in [9.17, 15) is 9.90 Å². The molecule has 3 aliphatic rings. The fourth-order valence-electron chi connectivity index (χ4n) is 6.42. The summed E-state index contributed by atoms with van der Waals surface area (Å²) in [6, 6.07) is 5.99. The Balaban J connectivity index is 1.72. The van der Waals surface area contributed by atoms with Gasteiger partial charge < -0.3 is 10.0 Å². The van der Waals surface area contributed by atoms with Crippen LogP contribution in [0.3, 0.4) is 0 Å². The summed E-state index contributed by atoms with van der Waals surface area (Å²) in [5.41, 5.74) is 5.91. The molecule has 1 aromatic heterocycles. The molecule has 1 saturated carbocycles. The second-order valence-electron chi connectivity index (χ2n) is 10.1. The van der Waals surface area contributed by atoms with Crippen LogP contribution in [0, 0.1) is 10.8 Å². The van der Waals surface area contributed by atoms with Gasteiger partial charge in [0.25, 0.3) is 0 Å². The lowest BCUT2D eigenvalue weighted by Crippen LogP contribution is -2.35. The number of aryl methyl sites for hydroxylation is 1. The summed E-state index contributed by atoms with van der Waals surface area (Å²) in [6.07, 6.45) is 6.97. The van der Waals surface area contributed by atoms with Gasteiger partial charge in [-0.15, -0.1) is 0 Å². The number of benzene rings is 1. The molecule has 0 radical (unpaired) electrons. The van der Waals surface area contributed by atoms with Gasteiger partial charge in [-0.2, -0.15) is 0 Å². The molecule has 1 saturated heterocycles. The van der Waals surface area contributed by atoms with Crippen molar-refractivity contribution in [3.8, 4) is 0 Å². The van der Waals surface area contributed by atoms with Crippen molar-refractivity contribution >= 4 is 22.6 Å². The Kier molecular flexibility index (Phi) is 3.45. The van der Waals surface area contributed by atoms with Crippen molar-refractivity contribution in [2.24, 2.45) is 10.8 Å². The molecule has 2 bridgehead atoms. The van der Waals surface area contributed by atoms with Crippen LogP contribution in [-0.2, 0) is 12.8 Å². The number of fused-ring (bicyclic) bond motifs is 4. The van der Waals surface area contributed by atoms with Gasteiger partial charge in [-0.25, -0.2) is 4.79 Å². The van der Waals surface area contributed by atoms with E-state index in [-0.39, 0.29) is 0 Å². The van der Waals surface area contributed by atoms with Gasteiger partial charge in [0.2, 0.25) is 0 Å². The van der Waals surface area contributed by atoms with Gasteiger partial charge in [0.15, 0.2) is 0 Å². The molecule has 0 unspecified atom stereocenters. The van der Waals surface area contributed by atoms with Crippen LogP contribution in [0.25, 0.3) is 10.9 Å². The smallest absolute Gasteiger partial charge is 0.335 e. The zero-order chi connectivity index (χ0) is 19.0. The third-order valence-corrected chi connectivity index (χ3v) is 6.93. The third kappa shape index (κ3) is 2.64. The molecule has 5 rings (SSSR count). The van der Waals surface area contributed by atoms with Gasteiger partial charge in [-0.05, 0) is 73.1 Å². The first-order valence-electron chi connectivity index (χ1n) is 10.2. The topological polar surface area (TPSA) is 53.4 Å². The van der Waals surface area contributed by atoms with Crippen molar-refractivity contribution in [1.82, 2.24) is 4.98 Å². The molecule has 1 N–H and O–H groups in total. The first-order chi connectivity index (χ1) is 12.7. The predicted octanol–water partition coefficient (Wildman–Crippen LogP) is 4.83. The standard InChI is InChI=1S/C23H28N2O2/c1-22(2)10-15-11-23(3,12-22)13-25(15)20-16-5-4-6-18(16)24-19-8-7-14(21(26)27)9-17(19)20/h7-9,15H,4-6,10-13H2,1-3H3,(H,26,27)/t15-,23-/m1/s1. The van der Waals surface area contributed by atoms with E-state index in [1.165, 1.54) is 36.2 Å². The minimum atomic E-state index is -0.864. The number of nitrogens with zero attached hydrogens (tertiary/aromatic N) is 2. The molecule has 27 heavy (non-hydrogen) atoms. The maximum atomic E-state index is 11.6. The van der Waals surface area contributed by atoms with Crippen molar-refractivity contribution in [3.05, 3.63) is 35.0 Å². The molecular formula is C23H28N2O2. The van der Waals surface area contributed by atoms with Crippen LogP contribution in [0.4, 0.5) is 5.69 Å². The number of hydrogen-bond acceptors (Lipinski definition) is 3. The maximum absolute atomic E-state index is 11.6. The summed E-state index contributed by atoms with van der Waals surface area (Å²) >= 11 is 0. The SMILES string of the molecule is CC1(C)C[C@@H]2C[C@@](C)(CN2c2c3c(nc4ccc(C(=O)O)cc24)CCC3)C1. The predicted molar refractivity (Wildman–Crippen MR) is 108 cm³/mol. The van der Waals surface area contributed by atoms with E-state index in [0.717, 1.165) is 36.7 Å². The Morgan fingerprint density at radius 3 is 2.81 bits per heavy atom. The number of rotatable bonds is 2.